The molecule has 0 N–H and O–H groups in total. The third-order valence-corrected chi connectivity index (χ3v) is 5.30. The Morgan fingerprint density at radius 3 is 2.37 bits per heavy atom. The molecule has 0 bridgehead atoms. The normalized spacial score (nSPS) is 10.8. The fourth-order valence-electron chi connectivity index (χ4n) is 3.16. The lowest BCUT2D eigenvalue weighted by atomic mass is 10.1. The fraction of sp³-hybridized carbons (Fsp3) is 0.273. The Morgan fingerprint density at radius 1 is 1.04 bits per heavy atom. The number of amides is 1. The first kappa shape index (κ1) is 19.4. The van der Waals surface area contributed by atoms with Gasteiger partial charge in [0.15, 0.2) is 0 Å². The first-order valence-electron chi connectivity index (χ1n) is 9.03. The standard InChI is InChI=1S/C22H24BrN3O/c1-16-21(17(2)26(24-16)15-19-7-5-4-6-8-19)22(27)25(3)14-13-18-9-11-20(23)12-10-18/h4-12H,13-15H2,1-3H3. The van der Waals surface area contributed by atoms with Crippen molar-refractivity contribution >= 4 is 21.8 Å². The van der Waals surface area contributed by atoms with E-state index in [0.717, 1.165) is 22.3 Å². The summed E-state index contributed by atoms with van der Waals surface area (Å²) in [5.41, 5.74) is 4.79. The molecule has 0 unspecified atom stereocenters. The Bertz CT molecular complexity index is 917. The van der Waals surface area contributed by atoms with E-state index in [-0.39, 0.29) is 5.91 Å². The van der Waals surface area contributed by atoms with Crippen LogP contribution in [-0.4, -0.2) is 34.2 Å². The van der Waals surface area contributed by atoms with Gasteiger partial charge < -0.3 is 4.90 Å². The predicted molar refractivity (Wildman–Crippen MR) is 112 cm³/mol. The number of carbonyl (C=O) groups is 1. The van der Waals surface area contributed by atoms with Gasteiger partial charge in [-0.25, -0.2) is 0 Å². The Balaban J connectivity index is 1.71. The average molecular weight is 426 g/mol. The smallest absolute Gasteiger partial charge is 0.257 e. The summed E-state index contributed by atoms with van der Waals surface area (Å²) in [4.78, 5) is 14.8. The molecular formula is C22H24BrN3O. The number of halogens is 1. The number of likely N-dealkylation sites (N-methyl/N-ethyl adjacent to an activating group) is 1. The van der Waals surface area contributed by atoms with Gasteiger partial charge in [-0.3, -0.25) is 9.48 Å². The second kappa shape index (κ2) is 8.53. The molecule has 3 rings (SSSR count). The van der Waals surface area contributed by atoms with Crippen molar-refractivity contribution in [3.8, 4) is 0 Å². The van der Waals surface area contributed by atoms with Crippen LogP contribution in [0.2, 0.25) is 0 Å². The van der Waals surface area contributed by atoms with Gasteiger partial charge >= 0.3 is 0 Å². The summed E-state index contributed by atoms with van der Waals surface area (Å²) < 4.78 is 2.98. The van der Waals surface area contributed by atoms with Crippen molar-refractivity contribution in [2.75, 3.05) is 13.6 Å². The van der Waals surface area contributed by atoms with Crippen molar-refractivity contribution in [3.05, 3.63) is 87.1 Å². The maximum Gasteiger partial charge on any atom is 0.257 e. The van der Waals surface area contributed by atoms with Crippen LogP contribution >= 0.6 is 15.9 Å². The van der Waals surface area contributed by atoms with Gasteiger partial charge in [0.2, 0.25) is 0 Å². The summed E-state index contributed by atoms with van der Waals surface area (Å²) in [5, 5.41) is 4.60. The van der Waals surface area contributed by atoms with Gasteiger partial charge in [-0.2, -0.15) is 5.10 Å². The molecular weight excluding hydrogens is 402 g/mol. The maximum absolute atomic E-state index is 13.0. The Hall–Kier alpha value is -2.40. The van der Waals surface area contributed by atoms with Gasteiger partial charge in [-0.1, -0.05) is 58.4 Å². The largest absolute Gasteiger partial charge is 0.341 e. The third-order valence-electron chi connectivity index (χ3n) is 4.77. The van der Waals surface area contributed by atoms with Crippen molar-refractivity contribution in [1.82, 2.24) is 14.7 Å². The molecule has 0 aliphatic heterocycles. The summed E-state index contributed by atoms with van der Waals surface area (Å²) in [6.45, 7) is 5.22. The molecule has 27 heavy (non-hydrogen) atoms. The minimum absolute atomic E-state index is 0.0291. The second-order valence-electron chi connectivity index (χ2n) is 6.79. The van der Waals surface area contributed by atoms with E-state index >= 15 is 0 Å². The topological polar surface area (TPSA) is 38.1 Å². The number of hydrogen-bond acceptors (Lipinski definition) is 2. The number of hydrogen-bond donors (Lipinski definition) is 0. The predicted octanol–water partition coefficient (Wildman–Crippen LogP) is 4.63. The Kier molecular flexibility index (Phi) is 6.11. The van der Waals surface area contributed by atoms with Gasteiger partial charge in [-0.15, -0.1) is 0 Å². The molecule has 0 aliphatic carbocycles. The molecule has 0 saturated heterocycles. The van der Waals surface area contributed by atoms with E-state index in [1.807, 2.05) is 55.9 Å². The molecule has 2 aromatic carbocycles. The number of aromatic nitrogens is 2. The fourth-order valence-corrected chi connectivity index (χ4v) is 3.42. The van der Waals surface area contributed by atoms with Crippen LogP contribution < -0.4 is 0 Å². The SMILES string of the molecule is Cc1nn(Cc2ccccc2)c(C)c1C(=O)N(C)CCc1ccc(Br)cc1. The average Bonchev–Trinajstić information content (AvgIpc) is 2.94. The van der Waals surface area contributed by atoms with Crippen LogP contribution in [0.25, 0.3) is 0 Å². The molecule has 4 nitrogen and oxygen atoms in total. The molecule has 1 amide bonds. The highest BCUT2D eigenvalue weighted by Gasteiger charge is 2.21. The van der Waals surface area contributed by atoms with E-state index < -0.39 is 0 Å². The number of aryl methyl sites for hydroxylation is 1. The molecule has 0 aliphatic rings. The monoisotopic (exact) mass is 425 g/mol. The Labute approximate surface area is 168 Å². The van der Waals surface area contributed by atoms with E-state index in [1.165, 1.54) is 11.1 Å². The molecule has 0 fully saturated rings. The number of carbonyl (C=O) groups excluding carboxylic acids is 1. The minimum atomic E-state index is 0.0291. The van der Waals surface area contributed by atoms with E-state index in [2.05, 4.69) is 45.3 Å². The quantitative estimate of drug-likeness (QED) is 0.577. The lowest BCUT2D eigenvalue weighted by Crippen LogP contribution is -2.29. The first-order chi connectivity index (χ1) is 13.0. The van der Waals surface area contributed by atoms with Gasteiger partial charge in [-0.05, 0) is 43.5 Å². The van der Waals surface area contributed by atoms with Crippen LogP contribution in [0.3, 0.4) is 0 Å². The molecule has 1 heterocycles. The van der Waals surface area contributed by atoms with Crippen molar-refractivity contribution in [3.63, 3.8) is 0 Å². The molecule has 5 heteroatoms. The van der Waals surface area contributed by atoms with Crippen molar-refractivity contribution < 1.29 is 4.79 Å². The third kappa shape index (κ3) is 4.66. The summed E-state index contributed by atoms with van der Waals surface area (Å²) in [5.74, 6) is 0.0291. The Morgan fingerprint density at radius 2 is 1.70 bits per heavy atom. The van der Waals surface area contributed by atoms with Crippen molar-refractivity contribution in [2.45, 2.75) is 26.8 Å². The van der Waals surface area contributed by atoms with E-state index in [0.29, 0.717) is 18.7 Å². The number of nitrogens with zero attached hydrogens (tertiary/aromatic N) is 3. The number of benzene rings is 2. The van der Waals surface area contributed by atoms with Crippen molar-refractivity contribution in [2.24, 2.45) is 0 Å². The van der Waals surface area contributed by atoms with Crippen LogP contribution in [0.15, 0.2) is 59.1 Å². The molecule has 0 radical (unpaired) electrons. The number of rotatable bonds is 6. The van der Waals surface area contributed by atoms with Gasteiger partial charge in [0.25, 0.3) is 5.91 Å². The highest BCUT2D eigenvalue weighted by atomic mass is 79.9. The zero-order valence-electron chi connectivity index (χ0n) is 15.9. The van der Waals surface area contributed by atoms with E-state index in [4.69, 9.17) is 0 Å². The first-order valence-corrected chi connectivity index (χ1v) is 9.83. The molecule has 3 aromatic rings. The highest BCUT2D eigenvalue weighted by Crippen LogP contribution is 2.17. The van der Waals surface area contributed by atoms with Crippen LogP contribution in [0.5, 0.6) is 0 Å². The van der Waals surface area contributed by atoms with Crippen LogP contribution in [0.4, 0.5) is 0 Å². The van der Waals surface area contributed by atoms with Crippen LogP contribution in [-0.2, 0) is 13.0 Å². The highest BCUT2D eigenvalue weighted by molar-refractivity contribution is 9.10. The molecule has 1 aromatic heterocycles. The summed E-state index contributed by atoms with van der Waals surface area (Å²) in [6.07, 6.45) is 0.825. The molecule has 0 spiro atoms. The second-order valence-corrected chi connectivity index (χ2v) is 7.71. The zero-order valence-corrected chi connectivity index (χ0v) is 17.5. The van der Waals surface area contributed by atoms with Gasteiger partial charge in [0.1, 0.15) is 0 Å². The van der Waals surface area contributed by atoms with Crippen LogP contribution in [0.1, 0.15) is 32.9 Å². The van der Waals surface area contributed by atoms with Gasteiger partial charge in [0.05, 0.1) is 17.8 Å². The zero-order chi connectivity index (χ0) is 19.4. The summed E-state index contributed by atoms with van der Waals surface area (Å²) in [7, 11) is 1.86. The van der Waals surface area contributed by atoms with Gasteiger partial charge in [0, 0.05) is 23.8 Å². The van der Waals surface area contributed by atoms with Crippen molar-refractivity contribution in [1.29, 1.82) is 0 Å². The summed E-state index contributed by atoms with van der Waals surface area (Å²) >= 11 is 3.45. The lowest BCUT2D eigenvalue weighted by Gasteiger charge is -2.17. The molecule has 0 saturated carbocycles. The van der Waals surface area contributed by atoms with E-state index in [9.17, 15) is 4.79 Å². The van der Waals surface area contributed by atoms with Crippen LogP contribution in [0, 0.1) is 13.8 Å². The lowest BCUT2D eigenvalue weighted by molar-refractivity contribution is 0.0795. The summed E-state index contributed by atoms with van der Waals surface area (Å²) in [6, 6.07) is 18.4. The van der Waals surface area contributed by atoms with E-state index in [1.54, 1.807) is 4.90 Å². The maximum atomic E-state index is 13.0. The molecule has 140 valence electrons. The molecule has 0 atom stereocenters. The minimum Gasteiger partial charge on any atom is -0.341 e.